The van der Waals surface area contributed by atoms with Crippen LogP contribution in [0.25, 0.3) is 11.1 Å². The topological polar surface area (TPSA) is 68.5 Å². The maximum Gasteiger partial charge on any atom is 0.273 e. The third-order valence-electron chi connectivity index (χ3n) is 4.40. The van der Waals surface area contributed by atoms with E-state index in [-0.39, 0.29) is 18.1 Å². The Bertz CT molecular complexity index is 958. The molecule has 0 unspecified atom stereocenters. The van der Waals surface area contributed by atoms with Crippen molar-refractivity contribution in [3.63, 3.8) is 0 Å². The first-order valence-electron chi connectivity index (χ1n) is 8.87. The molecule has 0 spiro atoms. The number of fused-ring (bicyclic) bond motifs is 1. The lowest BCUT2D eigenvalue weighted by molar-refractivity contribution is -0.0587. The minimum atomic E-state index is -0.0259. The highest BCUT2D eigenvalue weighted by atomic mass is 32.2. The number of nitrogens with zero attached hydrogens (tertiary/aromatic N) is 3. The van der Waals surface area contributed by atoms with Crippen molar-refractivity contribution in [3.05, 3.63) is 39.8 Å². The highest BCUT2D eigenvalue weighted by Gasteiger charge is 2.27. The Morgan fingerprint density at radius 3 is 2.81 bits per heavy atom. The number of aryl methyl sites for hydroxylation is 1. The van der Waals surface area contributed by atoms with E-state index in [9.17, 15) is 4.79 Å². The van der Waals surface area contributed by atoms with Crippen LogP contribution >= 0.6 is 23.1 Å². The summed E-state index contributed by atoms with van der Waals surface area (Å²) in [7, 11) is 0. The summed E-state index contributed by atoms with van der Waals surface area (Å²) < 4.78 is 11.5. The van der Waals surface area contributed by atoms with Crippen LogP contribution in [0.3, 0.4) is 0 Å². The third kappa shape index (κ3) is 4.02. The van der Waals surface area contributed by atoms with E-state index in [0.717, 1.165) is 21.7 Å². The van der Waals surface area contributed by atoms with Crippen LogP contribution in [0.5, 0.6) is 0 Å². The summed E-state index contributed by atoms with van der Waals surface area (Å²) >= 11 is 2.99. The molecule has 8 heteroatoms. The number of thiazole rings is 1. The SMILES string of the molecule is Cc1cccc2oc(SCc3nc(C(=O)N4C[C@@H](C)O[C@@H](C)C4)cs3)nc12. The number of para-hydroxylation sites is 1. The van der Waals surface area contributed by atoms with E-state index in [2.05, 4.69) is 9.97 Å². The van der Waals surface area contributed by atoms with E-state index < -0.39 is 0 Å². The highest BCUT2D eigenvalue weighted by Crippen LogP contribution is 2.28. The summed E-state index contributed by atoms with van der Waals surface area (Å²) in [6.07, 6.45) is 0.1000. The first-order chi connectivity index (χ1) is 13.0. The van der Waals surface area contributed by atoms with Crippen molar-refractivity contribution < 1.29 is 13.9 Å². The number of aromatic nitrogens is 2. The van der Waals surface area contributed by atoms with Gasteiger partial charge in [-0.05, 0) is 32.4 Å². The number of carbonyl (C=O) groups excluding carboxylic acids is 1. The number of hydrogen-bond donors (Lipinski definition) is 0. The molecular formula is C19H21N3O3S2. The quantitative estimate of drug-likeness (QED) is 0.610. The molecular weight excluding hydrogens is 382 g/mol. The molecule has 1 saturated heterocycles. The molecule has 27 heavy (non-hydrogen) atoms. The molecule has 3 heterocycles. The molecule has 142 valence electrons. The van der Waals surface area contributed by atoms with Gasteiger partial charge in [-0.25, -0.2) is 9.97 Å². The van der Waals surface area contributed by atoms with Crippen molar-refractivity contribution in [1.29, 1.82) is 0 Å². The van der Waals surface area contributed by atoms with Crippen LogP contribution in [-0.2, 0) is 10.5 Å². The van der Waals surface area contributed by atoms with Crippen molar-refractivity contribution in [2.75, 3.05) is 13.1 Å². The monoisotopic (exact) mass is 403 g/mol. The molecule has 2 aromatic heterocycles. The van der Waals surface area contributed by atoms with Gasteiger partial charge in [0.15, 0.2) is 5.58 Å². The van der Waals surface area contributed by atoms with Crippen LogP contribution in [-0.4, -0.2) is 46.1 Å². The Balaban J connectivity index is 1.41. The van der Waals surface area contributed by atoms with Gasteiger partial charge in [0.25, 0.3) is 11.1 Å². The zero-order valence-electron chi connectivity index (χ0n) is 15.5. The number of thioether (sulfide) groups is 1. The van der Waals surface area contributed by atoms with Gasteiger partial charge in [0, 0.05) is 18.5 Å². The molecule has 0 saturated carbocycles. The average molecular weight is 404 g/mol. The van der Waals surface area contributed by atoms with Crippen molar-refractivity contribution in [2.24, 2.45) is 0 Å². The van der Waals surface area contributed by atoms with Crippen molar-refractivity contribution in [2.45, 2.75) is 44.0 Å². The molecule has 1 aromatic carbocycles. The van der Waals surface area contributed by atoms with Crippen molar-refractivity contribution >= 4 is 40.1 Å². The van der Waals surface area contributed by atoms with Gasteiger partial charge >= 0.3 is 0 Å². The van der Waals surface area contributed by atoms with Crippen molar-refractivity contribution in [1.82, 2.24) is 14.9 Å². The first-order valence-corrected chi connectivity index (χ1v) is 10.7. The first kappa shape index (κ1) is 18.5. The fourth-order valence-corrected chi connectivity index (χ4v) is 4.85. The zero-order valence-corrected chi connectivity index (χ0v) is 17.1. The molecule has 1 fully saturated rings. The van der Waals surface area contributed by atoms with Gasteiger partial charge in [-0.15, -0.1) is 11.3 Å². The second-order valence-corrected chi connectivity index (χ2v) is 8.65. The number of hydrogen-bond acceptors (Lipinski definition) is 7. The van der Waals surface area contributed by atoms with E-state index in [0.29, 0.717) is 29.8 Å². The van der Waals surface area contributed by atoms with Crippen LogP contribution in [0.4, 0.5) is 0 Å². The van der Waals surface area contributed by atoms with Gasteiger partial charge in [0.2, 0.25) is 0 Å². The van der Waals surface area contributed by atoms with Crippen LogP contribution in [0.1, 0.15) is 34.9 Å². The van der Waals surface area contributed by atoms with Crippen LogP contribution in [0.15, 0.2) is 33.2 Å². The number of benzene rings is 1. The predicted molar refractivity (Wildman–Crippen MR) is 106 cm³/mol. The number of rotatable bonds is 4. The van der Waals surface area contributed by atoms with E-state index >= 15 is 0 Å². The third-order valence-corrected chi connectivity index (χ3v) is 6.27. The normalized spacial score (nSPS) is 20.3. The molecule has 1 amide bonds. The maximum atomic E-state index is 12.7. The summed E-state index contributed by atoms with van der Waals surface area (Å²) in [6, 6.07) is 5.90. The zero-order chi connectivity index (χ0) is 19.0. The van der Waals surface area contributed by atoms with Gasteiger partial charge < -0.3 is 14.1 Å². The predicted octanol–water partition coefficient (Wildman–Crippen LogP) is 4.13. The molecule has 0 radical (unpaired) electrons. The number of morpholine rings is 1. The molecule has 0 N–H and O–H groups in total. The van der Waals surface area contributed by atoms with Crippen LogP contribution < -0.4 is 0 Å². The maximum absolute atomic E-state index is 12.7. The summed E-state index contributed by atoms with van der Waals surface area (Å²) in [6.45, 7) is 7.20. The summed E-state index contributed by atoms with van der Waals surface area (Å²) in [5.41, 5.74) is 3.29. The highest BCUT2D eigenvalue weighted by molar-refractivity contribution is 7.98. The van der Waals surface area contributed by atoms with Gasteiger partial charge in [-0.2, -0.15) is 0 Å². The standard InChI is InChI=1S/C19H21N3O3S2/c1-11-5-4-6-15-17(11)21-19(25-15)27-10-16-20-14(9-26-16)18(23)22-7-12(2)24-13(3)8-22/h4-6,9,12-13H,7-8,10H2,1-3H3/t12-,13+. The Hall–Kier alpha value is -1.90. The summed E-state index contributed by atoms with van der Waals surface area (Å²) in [5.74, 6) is 0.599. The Morgan fingerprint density at radius 2 is 2.07 bits per heavy atom. The van der Waals surface area contributed by atoms with Gasteiger partial charge in [-0.1, -0.05) is 23.9 Å². The lowest BCUT2D eigenvalue weighted by Crippen LogP contribution is -2.48. The molecule has 0 aliphatic carbocycles. The van der Waals surface area contributed by atoms with E-state index in [1.807, 2.05) is 49.3 Å². The summed E-state index contributed by atoms with van der Waals surface area (Å²) in [5, 5.41) is 3.34. The fourth-order valence-electron chi connectivity index (χ4n) is 3.23. The molecule has 1 aliphatic rings. The molecule has 1 aliphatic heterocycles. The Labute approximate surface area is 165 Å². The smallest absolute Gasteiger partial charge is 0.273 e. The lowest BCUT2D eigenvalue weighted by atomic mass is 10.2. The lowest BCUT2D eigenvalue weighted by Gasteiger charge is -2.34. The Kier molecular flexibility index (Phi) is 5.21. The number of carbonyl (C=O) groups is 1. The summed E-state index contributed by atoms with van der Waals surface area (Å²) in [4.78, 5) is 23.6. The minimum Gasteiger partial charge on any atom is -0.431 e. The second kappa shape index (κ2) is 7.61. The number of oxazole rings is 1. The minimum absolute atomic E-state index is 0.0259. The van der Waals surface area contributed by atoms with Crippen LogP contribution in [0.2, 0.25) is 0 Å². The fraction of sp³-hybridized carbons (Fsp3) is 0.421. The van der Waals surface area contributed by atoms with Crippen molar-refractivity contribution in [3.8, 4) is 0 Å². The molecule has 0 bridgehead atoms. The van der Waals surface area contributed by atoms with E-state index in [4.69, 9.17) is 9.15 Å². The second-order valence-electron chi connectivity index (χ2n) is 6.78. The van der Waals surface area contributed by atoms with Gasteiger partial charge in [0.1, 0.15) is 16.2 Å². The van der Waals surface area contributed by atoms with Gasteiger partial charge in [0.05, 0.1) is 18.0 Å². The average Bonchev–Trinajstić information content (AvgIpc) is 3.26. The molecule has 6 nitrogen and oxygen atoms in total. The molecule has 3 aromatic rings. The van der Waals surface area contributed by atoms with E-state index in [1.165, 1.54) is 23.1 Å². The van der Waals surface area contributed by atoms with Crippen LogP contribution in [0, 0.1) is 6.92 Å². The van der Waals surface area contributed by atoms with E-state index in [1.54, 1.807) is 0 Å². The number of amides is 1. The number of ether oxygens (including phenoxy) is 1. The largest absolute Gasteiger partial charge is 0.431 e. The Morgan fingerprint density at radius 1 is 1.30 bits per heavy atom. The van der Waals surface area contributed by atoms with Gasteiger partial charge in [-0.3, -0.25) is 4.79 Å². The molecule has 4 rings (SSSR count). The molecule has 2 atom stereocenters.